The Bertz CT molecular complexity index is 464. The van der Waals surface area contributed by atoms with Gasteiger partial charge in [-0.25, -0.2) is 0 Å². The molecule has 2 unspecified atom stereocenters. The summed E-state index contributed by atoms with van der Waals surface area (Å²) in [5.74, 6) is 0.840. The van der Waals surface area contributed by atoms with Crippen molar-refractivity contribution in [3.63, 3.8) is 0 Å². The third-order valence-corrected chi connectivity index (χ3v) is 4.39. The first-order chi connectivity index (χ1) is 10.1. The third kappa shape index (κ3) is 5.58. The van der Waals surface area contributed by atoms with Crippen LogP contribution in [0.3, 0.4) is 0 Å². The zero-order valence-electron chi connectivity index (χ0n) is 12.6. The van der Waals surface area contributed by atoms with Gasteiger partial charge < -0.3 is 10.1 Å². The lowest BCUT2D eigenvalue weighted by atomic mass is 10.1. The van der Waals surface area contributed by atoms with Crippen LogP contribution in [0.4, 0.5) is 0 Å². The summed E-state index contributed by atoms with van der Waals surface area (Å²) < 4.78 is 5.60. The minimum atomic E-state index is 0.0280. The van der Waals surface area contributed by atoms with Crippen molar-refractivity contribution >= 4 is 17.5 Å². The van der Waals surface area contributed by atoms with Crippen molar-refractivity contribution in [1.82, 2.24) is 5.32 Å². The Morgan fingerprint density at radius 1 is 1.33 bits per heavy atom. The van der Waals surface area contributed by atoms with Gasteiger partial charge in [-0.15, -0.1) is 11.6 Å². The van der Waals surface area contributed by atoms with E-state index in [9.17, 15) is 4.79 Å². The molecule has 0 saturated heterocycles. The highest BCUT2D eigenvalue weighted by atomic mass is 35.5. The SMILES string of the molecule is Cc1cccc(OCCC(=O)NC2CCCCCC2Cl)c1. The highest BCUT2D eigenvalue weighted by molar-refractivity contribution is 6.21. The van der Waals surface area contributed by atoms with E-state index in [0.29, 0.717) is 13.0 Å². The number of aryl methyl sites for hydroxylation is 1. The summed E-state index contributed by atoms with van der Waals surface area (Å²) in [6.45, 7) is 2.42. The van der Waals surface area contributed by atoms with Crippen LogP contribution in [0.1, 0.15) is 44.1 Å². The smallest absolute Gasteiger partial charge is 0.223 e. The molecule has 1 aromatic rings. The molecule has 1 fully saturated rings. The molecule has 2 atom stereocenters. The molecule has 4 heteroatoms. The molecule has 21 heavy (non-hydrogen) atoms. The maximum Gasteiger partial charge on any atom is 0.223 e. The van der Waals surface area contributed by atoms with E-state index in [-0.39, 0.29) is 17.3 Å². The minimum Gasteiger partial charge on any atom is -0.493 e. The summed E-state index contributed by atoms with van der Waals surface area (Å²) in [7, 11) is 0. The van der Waals surface area contributed by atoms with Crippen molar-refractivity contribution in [2.45, 2.75) is 56.9 Å². The molecule has 2 rings (SSSR count). The van der Waals surface area contributed by atoms with E-state index >= 15 is 0 Å². The number of hydrogen-bond donors (Lipinski definition) is 1. The van der Waals surface area contributed by atoms with Gasteiger partial charge in [0.1, 0.15) is 5.75 Å². The van der Waals surface area contributed by atoms with E-state index in [0.717, 1.165) is 37.0 Å². The lowest BCUT2D eigenvalue weighted by Crippen LogP contribution is -2.40. The molecule has 1 N–H and O–H groups in total. The van der Waals surface area contributed by atoms with E-state index in [1.54, 1.807) is 0 Å². The topological polar surface area (TPSA) is 38.3 Å². The van der Waals surface area contributed by atoms with E-state index in [1.807, 2.05) is 31.2 Å². The molecule has 1 amide bonds. The van der Waals surface area contributed by atoms with Crippen molar-refractivity contribution in [2.75, 3.05) is 6.61 Å². The van der Waals surface area contributed by atoms with Gasteiger partial charge in [-0.1, -0.05) is 31.4 Å². The summed E-state index contributed by atoms with van der Waals surface area (Å²) >= 11 is 6.33. The highest BCUT2D eigenvalue weighted by Gasteiger charge is 2.23. The Morgan fingerprint density at radius 3 is 2.95 bits per heavy atom. The lowest BCUT2D eigenvalue weighted by molar-refractivity contribution is -0.122. The summed E-state index contributed by atoms with van der Waals surface area (Å²) in [5.41, 5.74) is 1.15. The molecular formula is C17H24ClNO2. The molecule has 0 aliphatic heterocycles. The maximum absolute atomic E-state index is 12.0. The van der Waals surface area contributed by atoms with Crippen molar-refractivity contribution in [2.24, 2.45) is 0 Å². The molecule has 1 aromatic carbocycles. The van der Waals surface area contributed by atoms with Crippen LogP contribution in [0.2, 0.25) is 0 Å². The molecule has 0 aromatic heterocycles. The predicted molar refractivity (Wildman–Crippen MR) is 85.9 cm³/mol. The highest BCUT2D eigenvalue weighted by Crippen LogP contribution is 2.22. The number of halogens is 1. The Hall–Kier alpha value is -1.22. The average Bonchev–Trinajstić information content (AvgIpc) is 2.64. The Balaban J connectivity index is 1.71. The van der Waals surface area contributed by atoms with Crippen LogP contribution >= 0.6 is 11.6 Å². The maximum atomic E-state index is 12.0. The fourth-order valence-corrected chi connectivity index (χ4v) is 3.01. The van der Waals surface area contributed by atoms with E-state index in [2.05, 4.69) is 5.32 Å². The first-order valence-electron chi connectivity index (χ1n) is 7.78. The van der Waals surface area contributed by atoms with Crippen molar-refractivity contribution in [3.05, 3.63) is 29.8 Å². The number of alkyl halides is 1. The molecule has 116 valence electrons. The Labute approximate surface area is 132 Å². The average molecular weight is 310 g/mol. The first-order valence-corrected chi connectivity index (χ1v) is 8.22. The predicted octanol–water partition coefficient (Wildman–Crippen LogP) is 3.82. The number of benzene rings is 1. The number of ether oxygens (including phenoxy) is 1. The number of carbonyl (C=O) groups is 1. The van der Waals surface area contributed by atoms with Gasteiger partial charge in [0.05, 0.1) is 18.4 Å². The second-order valence-corrected chi connectivity index (χ2v) is 6.30. The largest absolute Gasteiger partial charge is 0.493 e. The minimum absolute atomic E-state index is 0.0280. The summed E-state index contributed by atoms with van der Waals surface area (Å²) in [4.78, 5) is 12.0. The molecule has 1 saturated carbocycles. The van der Waals surface area contributed by atoms with Gasteiger partial charge >= 0.3 is 0 Å². The van der Waals surface area contributed by atoms with Crippen LogP contribution in [0.5, 0.6) is 5.75 Å². The molecule has 3 nitrogen and oxygen atoms in total. The van der Waals surface area contributed by atoms with Gasteiger partial charge in [0.2, 0.25) is 5.91 Å². The normalized spacial score (nSPS) is 22.4. The van der Waals surface area contributed by atoms with Gasteiger partial charge in [0.15, 0.2) is 0 Å². The van der Waals surface area contributed by atoms with Crippen molar-refractivity contribution in [1.29, 1.82) is 0 Å². The standard InChI is InChI=1S/C17H24ClNO2/c1-13-6-5-7-14(12-13)21-11-10-17(20)19-16-9-4-2-3-8-15(16)18/h5-7,12,15-16H,2-4,8-11H2,1H3,(H,19,20). The number of carbonyl (C=O) groups excluding carboxylic acids is 1. The zero-order chi connectivity index (χ0) is 15.1. The monoisotopic (exact) mass is 309 g/mol. The fraction of sp³-hybridized carbons (Fsp3) is 0.588. The fourth-order valence-electron chi connectivity index (χ4n) is 2.67. The molecule has 0 heterocycles. The first kappa shape index (κ1) is 16.2. The van der Waals surface area contributed by atoms with Gasteiger partial charge in [0, 0.05) is 6.04 Å². The third-order valence-electron chi connectivity index (χ3n) is 3.87. The number of nitrogens with one attached hydrogen (secondary N) is 1. The van der Waals surface area contributed by atoms with Crippen LogP contribution in [-0.4, -0.2) is 23.9 Å². The summed E-state index contributed by atoms with van der Waals surface area (Å²) in [6, 6.07) is 7.96. The molecule has 1 aliphatic rings. The molecular weight excluding hydrogens is 286 g/mol. The summed E-state index contributed by atoms with van der Waals surface area (Å²) in [6.07, 6.45) is 5.87. The molecule has 0 spiro atoms. The van der Waals surface area contributed by atoms with Gasteiger partial charge in [-0.2, -0.15) is 0 Å². The molecule has 0 bridgehead atoms. The second kappa shape index (κ2) is 8.28. The Morgan fingerprint density at radius 2 is 2.14 bits per heavy atom. The van der Waals surface area contributed by atoms with Crippen LogP contribution in [0, 0.1) is 6.92 Å². The number of rotatable bonds is 5. The van der Waals surface area contributed by atoms with Crippen LogP contribution in [0.25, 0.3) is 0 Å². The Kier molecular flexibility index (Phi) is 6.37. The van der Waals surface area contributed by atoms with Gasteiger partial charge in [-0.3, -0.25) is 4.79 Å². The zero-order valence-corrected chi connectivity index (χ0v) is 13.4. The van der Waals surface area contributed by atoms with Gasteiger partial charge in [0.25, 0.3) is 0 Å². The number of hydrogen-bond acceptors (Lipinski definition) is 2. The number of amides is 1. The van der Waals surface area contributed by atoms with E-state index < -0.39 is 0 Å². The quantitative estimate of drug-likeness (QED) is 0.663. The molecule has 1 aliphatic carbocycles. The lowest BCUT2D eigenvalue weighted by Gasteiger charge is -2.21. The second-order valence-electron chi connectivity index (χ2n) is 5.74. The van der Waals surface area contributed by atoms with Gasteiger partial charge in [-0.05, 0) is 37.5 Å². The van der Waals surface area contributed by atoms with Crippen molar-refractivity contribution < 1.29 is 9.53 Å². The molecule has 0 radical (unpaired) electrons. The van der Waals surface area contributed by atoms with Crippen LogP contribution < -0.4 is 10.1 Å². The van der Waals surface area contributed by atoms with E-state index in [1.165, 1.54) is 6.42 Å². The van der Waals surface area contributed by atoms with E-state index in [4.69, 9.17) is 16.3 Å². The summed E-state index contributed by atoms with van der Waals surface area (Å²) in [5, 5.41) is 3.12. The van der Waals surface area contributed by atoms with Crippen LogP contribution in [-0.2, 0) is 4.79 Å². The van der Waals surface area contributed by atoms with Crippen molar-refractivity contribution in [3.8, 4) is 5.75 Å². The van der Waals surface area contributed by atoms with Crippen LogP contribution in [0.15, 0.2) is 24.3 Å².